The van der Waals surface area contributed by atoms with Crippen molar-refractivity contribution in [2.24, 2.45) is 5.92 Å². The van der Waals surface area contributed by atoms with Crippen molar-refractivity contribution < 1.29 is 14.0 Å². The van der Waals surface area contributed by atoms with Crippen molar-refractivity contribution in [1.82, 2.24) is 10.2 Å². The molecule has 1 fully saturated rings. The molecule has 3 aromatic carbocycles. The number of amides is 2. The van der Waals surface area contributed by atoms with Gasteiger partial charge in [-0.15, -0.1) is 0 Å². The molecule has 182 valence electrons. The van der Waals surface area contributed by atoms with Crippen LogP contribution in [0, 0.1) is 11.7 Å². The topological polar surface area (TPSA) is 61.4 Å². The monoisotopic (exact) mass is 491 g/mol. The van der Waals surface area contributed by atoms with E-state index >= 15 is 0 Å². The second kappa shape index (κ2) is 12.5. The number of nitrogens with zero attached hydrogens (tertiary/aromatic N) is 1. The van der Waals surface area contributed by atoms with Gasteiger partial charge >= 0.3 is 0 Å². The van der Waals surface area contributed by atoms with Crippen LogP contribution in [0.4, 0.5) is 10.1 Å². The van der Waals surface area contributed by atoms with Crippen LogP contribution in [0.3, 0.4) is 0 Å². The molecular formula is C28H30FN3O2S. The van der Waals surface area contributed by atoms with Crippen molar-refractivity contribution in [3.8, 4) is 0 Å². The number of carbonyl (C=O) groups excluding carboxylic acids is 2. The molecule has 0 aromatic heterocycles. The Morgan fingerprint density at radius 2 is 1.60 bits per heavy atom. The standard InChI is InChI=1S/C28H30FN3O2S/c29-24-11-5-4-8-21(24)14-17-30-28(34)22-15-18-32(19-16-22)20-27(33)31-25-12-6-7-13-26(25)35-23-9-2-1-3-10-23/h1-13,22H,14-20H2,(H,30,34)(H,31,33). The number of benzene rings is 3. The van der Waals surface area contributed by atoms with Crippen molar-refractivity contribution in [2.75, 3.05) is 31.5 Å². The molecule has 5 nitrogen and oxygen atoms in total. The van der Waals surface area contributed by atoms with Gasteiger partial charge in [0.25, 0.3) is 0 Å². The molecule has 2 N–H and O–H groups in total. The summed E-state index contributed by atoms with van der Waals surface area (Å²) in [6, 6.07) is 24.5. The average molecular weight is 492 g/mol. The van der Waals surface area contributed by atoms with E-state index in [0.717, 1.165) is 15.5 Å². The lowest BCUT2D eigenvalue weighted by atomic mass is 9.96. The number of carbonyl (C=O) groups is 2. The van der Waals surface area contributed by atoms with E-state index in [4.69, 9.17) is 0 Å². The molecule has 0 unspecified atom stereocenters. The first kappa shape index (κ1) is 24.9. The van der Waals surface area contributed by atoms with Crippen molar-refractivity contribution >= 4 is 29.3 Å². The lowest BCUT2D eigenvalue weighted by molar-refractivity contribution is -0.126. The van der Waals surface area contributed by atoms with Gasteiger partial charge in [0.15, 0.2) is 0 Å². The van der Waals surface area contributed by atoms with Crippen LogP contribution in [-0.4, -0.2) is 42.9 Å². The zero-order valence-corrected chi connectivity index (χ0v) is 20.4. The van der Waals surface area contributed by atoms with Crippen LogP contribution in [0.15, 0.2) is 88.7 Å². The fraction of sp³-hybridized carbons (Fsp3) is 0.286. The SMILES string of the molecule is O=C(CN1CCC(C(=O)NCCc2ccccc2F)CC1)Nc1ccccc1Sc1ccccc1. The summed E-state index contributed by atoms with van der Waals surface area (Å²) in [5, 5.41) is 5.99. The Morgan fingerprint density at radius 3 is 2.37 bits per heavy atom. The highest BCUT2D eigenvalue weighted by Gasteiger charge is 2.26. The molecule has 4 rings (SSSR count). The number of halogens is 1. The van der Waals surface area contributed by atoms with Crippen LogP contribution < -0.4 is 10.6 Å². The third-order valence-corrected chi connectivity index (χ3v) is 7.19. The molecule has 0 bridgehead atoms. The molecule has 0 radical (unpaired) electrons. The van der Waals surface area contributed by atoms with Crippen LogP contribution in [0.1, 0.15) is 18.4 Å². The lowest BCUT2D eigenvalue weighted by Gasteiger charge is -2.30. The molecule has 3 aromatic rings. The van der Waals surface area contributed by atoms with Gasteiger partial charge < -0.3 is 10.6 Å². The first-order chi connectivity index (χ1) is 17.1. The zero-order valence-electron chi connectivity index (χ0n) is 19.6. The molecule has 0 saturated carbocycles. The third-order valence-electron chi connectivity index (χ3n) is 6.11. The van der Waals surface area contributed by atoms with E-state index in [9.17, 15) is 14.0 Å². The molecule has 0 aliphatic carbocycles. The number of likely N-dealkylation sites (tertiary alicyclic amines) is 1. The molecule has 0 atom stereocenters. The lowest BCUT2D eigenvalue weighted by Crippen LogP contribution is -2.43. The van der Waals surface area contributed by atoms with E-state index in [2.05, 4.69) is 15.5 Å². The predicted molar refractivity (Wildman–Crippen MR) is 138 cm³/mol. The highest BCUT2D eigenvalue weighted by molar-refractivity contribution is 7.99. The molecule has 1 aliphatic heterocycles. The summed E-state index contributed by atoms with van der Waals surface area (Å²) < 4.78 is 13.7. The summed E-state index contributed by atoms with van der Waals surface area (Å²) in [5.74, 6) is -0.358. The van der Waals surface area contributed by atoms with Gasteiger partial charge in [-0.05, 0) is 68.2 Å². The number of rotatable bonds is 9. The molecule has 1 heterocycles. The quantitative estimate of drug-likeness (QED) is 0.443. The fourth-order valence-electron chi connectivity index (χ4n) is 4.19. The third kappa shape index (κ3) is 7.41. The minimum absolute atomic E-state index is 0.0114. The van der Waals surface area contributed by atoms with Gasteiger partial charge in [0.1, 0.15) is 5.82 Å². The molecule has 35 heavy (non-hydrogen) atoms. The summed E-state index contributed by atoms with van der Waals surface area (Å²) in [7, 11) is 0. The Bertz CT molecular complexity index is 1130. The van der Waals surface area contributed by atoms with Crippen LogP contribution in [0.2, 0.25) is 0 Å². The normalized spacial score (nSPS) is 14.4. The van der Waals surface area contributed by atoms with E-state index in [1.54, 1.807) is 30.0 Å². The van der Waals surface area contributed by atoms with Crippen molar-refractivity contribution in [1.29, 1.82) is 0 Å². The van der Waals surface area contributed by atoms with Gasteiger partial charge in [-0.1, -0.05) is 60.3 Å². The highest BCUT2D eigenvalue weighted by Crippen LogP contribution is 2.33. The second-order valence-corrected chi connectivity index (χ2v) is 9.76. The average Bonchev–Trinajstić information content (AvgIpc) is 2.87. The Hall–Kier alpha value is -3.16. The fourth-order valence-corrected chi connectivity index (χ4v) is 5.11. The Kier molecular flexibility index (Phi) is 8.92. The van der Waals surface area contributed by atoms with Crippen molar-refractivity contribution in [3.05, 3.63) is 90.2 Å². The molecule has 2 amide bonds. The first-order valence-corrected chi connectivity index (χ1v) is 12.8. The number of hydrogen-bond donors (Lipinski definition) is 2. The second-order valence-electron chi connectivity index (χ2n) is 8.64. The van der Waals surface area contributed by atoms with Crippen molar-refractivity contribution in [2.45, 2.75) is 29.1 Å². The summed E-state index contributed by atoms with van der Waals surface area (Å²) in [6.07, 6.45) is 1.89. The highest BCUT2D eigenvalue weighted by atomic mass is 32.2. The number of nitrogens with one attached hydrogen (secondary N) is 2. The molecule has 1 aliphatic rings. The summed E-state index contributed by atoms with van der Waals surface area (Å²) in [4.78, 5) is 29.5. The van der Waals surface area contributed by atoms with E-state index in [-0.39, 0.29) is 23.5 Å². The van der Waals surface area contributed by atoms with E-state index < -0.39 is 0 Å². The largest absolute Gasteiger partial charge is 0.356 e. The van der Waals surface area contributed by atoms with E-state index in [1.807, 2.05) is 54.6 Å². The van der Waals surface area contributed by atoms with Crippen LogP contribution in [0.25, 0.3) is 0 Å². The van der Waals surface area contributed by atoms with Gasteiger partial charge in [0, 0.05) is 22.3 Å². The van der Waals surface area contributed by atoms with E-state index in [0.29, 0.717) is 51.0 Å². The molecular weight excluding hydrogens is 461 g/mol. The minimum Gasteiger partial charge on any atom is -0.356 e. The Morgan fingerprint density at radius 1 is 0.914 bits per heavy atom. The number of anilines is 1. The maximum absolute atomic E-state index is 13.7. The van der Waals surface area contributed by atoms with Gasteiger partial charge in [-0.3, -0.25) is 14.5 Å². The number of hydrogen-bond acceptors (Lipinski definition) is 4. The number of piperidine rings is 1. The number of para-hydroxylation sites is 1. The predicted octanol–water partition coefficient (Wildman–Crippen LogP) is 4.99. The van der Waals surface area contributed by atoms with Gasteiger partial charge in [0.05, 0.1) is 12.2 Å². The van der Waals surface area contributed by atoms with Crippen molar-refractivity contribution in [3.63, 3.8) is 0 Å². The Balaban J connectivity index is 1.20. The molecule has 1 saturated heterocycles. The van der Waals surface area contributed by atoms with Gasteiger partial charge in [-0.2, -0.15) is 0 Å². The maximum atomic E-state index is 13.7. The summed E-state index contributed by atoms with van der Waals surface area (Å²) in [6.45, 7) is 2.10. The van der Waals surface area contributed by atoms with Crippen LogP contribution in [0.5, 0.6) is 0 Å². The zero-order chi connectivity index (χ0) is 24.5. The first-order valence-electron chi connectivity index (χ1n) is 11.9. The smallest absolute Gasteiger partial charge is 0.238 e. The van der Waals surface area contributed by atoms with Crippen LogP contribution >= 0.6 is 11.8 Å². The van der Waals surface area contributed by atoms with Gasteiger partial charge in [-0.25, -0.2) is 4.39 Å². The van der Waals surface area contributed by atoms with E-state index in [1.165, 1.54) is 6.07 Å². The Labute approximate surface area is 210 Å². The van der Waals surface area contributed by atoms with Gasteiger partial charge in [0.2, 0.25) is 11.8 Å². The summed E-state index contributed by atoms with van der Waals surface area (Å²) in [5.41, 5.74) is 1.41. The van der Waals surface area contributed by atoms with Crippen LogP contribution in [-0.2, 0) is 16.0 Å². The molecule has 0 spiro atoms. The maximum Gasteiger partial charge on any atom is 0.238 e. The molecule has 7 heteroatoms. The minimum atomic E-state index is -0.241. The summed E-state index contributed by atoms with van der Waals surface area (Å²) >= 11 is 1.62.